The van der Waals surface area contributed by atoms with Crippen LogP contribution in [0.2, 0.25) is 0 Å². The highest BCUT2D eigenvalue weighted by Gasteiger charge is 2.10. The maximum atomic E-state index is 13.4. The molecule has 0 N–H and O–H groups in total. The van der Waals surface area contributed by atoms with Crippen molar-refractivity contribution in [1.82, 2.24) is 0 Å². The summed E-state index contributed by atoms with van der Waals surface area (Å²) in [4.78, 5) is 11.8. The Morgan fingerprint density at radius 3 is 2.83 bits per heavy atom. The van der Waals surface area contributed by atoms with Crippen molar-refractivity contribution in [2.45, 2.75) is 12.8 Å². The van der Waals surface area contributed by atoms with Crippen LogP contribution in [-0.4, -0.2) is 12.9 Å². The monoisotopic (exact) mass is 248 g/mol. The summed E-state index contributed by atoms with van der Waals surface area (Å²) < 4.78 is 23.4. The molecule has 3 nitrogen and oxygen atoms in total. The summed E-state index contributed by atoms with van der Waals surface area (Å²) in [5.41, 5.74) is 0.347. The highest BCUT2D eigenvalue weighted by Crippen LogP contribution is 2.19. The number of rotatable bonds is 5. The number of carbonyl (C=O) groups is 1. The van der Waals surface area contributed by atoms with Crippen LogP contribution >= 0.6 is 0 Å². The smallest absolute Gasteiger partial charge is 0.165 e. The van der Waals surface area contributed by atoms with Crippen LogP contribution in [0.4, 0.5) is 4.39 Å². The van der Waals surface area contributed by atoms with Gasteiger partial charge < -0.3 is 9.15 Å². The fraction of sp³-hybridized carbons (Fsp3) is 0.214. The molecule has 0 bridgehead atoms. The molecule has 0 saturated carbocycles. The summed E-state index contributed by atoms with van der Waals surface area (Å²) in [6.07, 6.45) is 2.37. The van der Waals surface area contributed by atoms with Gasteiger partial charge in [0.1, 0.15) is 5.76 Å². The number of halogens is 1. The van der Waals surface area contributed by atoms with Gasteiger partial charge in [0.2, 0.25) is 0 Å². The lowest BCUT2D eigenvalue weighted by atomic mass is 10.1. The topological polar surface area (TPSA) is 39.4 Å². The Labute approximate surface area is 104 Å². The molecule has 1 aromatic heterocycles. The van der Waals surface area contributed by atoms with Crippen molar-refractivity contribution >= 4 is 5.78 Å². The molecule has 0 saturated heterocycles. The average Bonchev–Trinajstić information content (AvgIpc) is 2.89. The first-order chi connectivity index (χ1) is 8.70. The molecule has 0 aliphatic rings. The largest absolute Gasteiger partial charge is 0.494 e. The van der Waals surface area contributed by atoms with Gasteiger partial charge in [-0.15, -0.1) is 0 Å². The van der Waals surface area contributed by atoms with Crippen molar-refractivity contribution in [3.63, 3.8) is 0 Å². The Morgan fingerprint density at radius 1 is 1.39 bits per heavy atom. The van der Waals surface area contributed by atoms with Crippen LogP contribution in [0.5, 0.6) is 5.75 Å². The Balaban J connectivity index is 2.02. The van der Waals surface area contributed by atoms with Crippen LogP contribution in [0, 0.1) is 5.82 Å². The van der Waals surface area contributed by atoms with Crippen LogP contribution < -0.4 is 4.74 Å². The quantitative estimate of drug-likeness (QED) is 0.762. The van der Waals surface area contributed by atoms with E-state index in [1.165, 1.54) is 19.2 Å². The molecule has 0 unspecified atom stereocenters. The first kappa shape index (κ1) is 12.4. The van der Waals surface area contributed by atoms with Gasteiger partial charge in [-0.1, -0.05) is 0 Å². The predicted molar refractivity (Wildman–Crippen MR) is 64.3 cm³/mol. The third-order valence-electron chi connectivity index (χ3n) is 2.65. The molecular weight excluding hydrogens is 235 g/mol. The molecule has 2 rings (SSSR count). The zero-order chi connectivity index (χ0) is 13.0. The van der Waals surface area contributed by atoms with Crippen LogP contribution in [0.25, 0.3) is 0 Å². The van der Waals surface area contributed by atoms with E-state index in [4.69, 9.17) is 9.15 Å². The van der Waals surface area contributed by atoms with Crippen molar-refractivity contribution in [1.29, 1.82) is 0 Å². The number of aryl methyl sites for hydroxylation is 1. The van der Waals surface area contributed by atoms with Gasteiger partial charge in [-0.25, -0.2) is 4.39 Å². The molecule has 4 heteroatoms. The van der Waals surface area contributed by atoms with E-state index < -0.39 is 5.82 Å². The number of Topliss-reactive ketones (excluding diaryl/α,β-unsaturated/α-hetero) is 1. The number of ketones is 1. The number of hydrogen-bond donors (Lipinski definition) is 0. The maximum absolute atomic E-state index is 13.4. The second kappa shape index (κ2) is 5.49. The summed E-state index contributed by atoms with van der Waals surface area (Å²) in [7, 11) is 1.39. The van der Waals surface area contributed by atoms with Gasteiger partial charge in [-0.2, -0.15) is 0 Å². The minimum absolute atomic E-state index is 0.118. The summed E-state index contributed by atoms with van der Waals surface area (Å²) in [6, 6.07) is 7.79. The van der Waals surface area contributed by atoms with E-state index in [9.17, 15) is 9.18 Å². The number of methoxy groups -OCH3 is 1. The molecule has 0 radical (unpaired) electrons. The van der Waals surface area contributed by atoms with Gasteiger partial charge in [0.25, 0.3) is 0 Å². The third-order valence-corrected chi connectivity index (χ3v) is 2.65. The summed E-state index contributed by atoms with van der Waals surface area (Å²) in [6.45, 7) is 0. The van der Waals surface area contributed by atoms with E-state index in [0.29, 0.717) is 18.4 Å². The molecule has 0 aliphatic carbocycles. The molecule has 0 atom stereocenters. The van der Waals surface area contributed by atoms with Crippen molar-refractivity contribution in [2.24, 2.45) is 0 Å². The van der Waals surface area contributed by atoms with Crippen LogP contribution in [0.3, 0.4) is 0 Å². The zero-order valence-corrected chi connectivity index (χ0v) is 9.98. The normalized spacial score (nSPS) is 10.3. The number of carbonyl (C=O) groups excluding carboxylic acids is 1. The summed E-state index contributed by atoms with van der Waals surface area (Å²) >= 11 is 0. The Morgan fingerprint density at radius 2 is 2.22 bits per heavy atom. The molecule has 1 aromatic carbocycles. The van der Waals surface area contributed by atoms with Crippen LogP contribution in [0.15, 0.2) is 41.0 Å². The second-order valence-electron chi connectivity index (χ2n) is 3.85. The minimum atomic E-state index is -0.527. The Hall–Kier alpha value is -2.10. The van der Waals surface area contributed by atoms with Crippen molar-refractivity contribution in [3.8, 4) is 5.75 Å². The highest BCUT2D eigenvalue weighted by atomic mass is 19.1. The first-order valence-electron chi connectivity index (χ1n) is 5.60. The van der Waals surface area contributed by atoms with Crippen molar-refractivity contribution in [2.75, 3.05) is 7.11 Å². The molecule has 94 valence electrons. The molecule has 0 spiro atoms. The van der Waals surface area contributed by atoms with E-state index in [2.05, 4.69) is 0 Å². The SMILES string of the molecule is COc1ccc(C(=O)CCc2ccco2)cc1F. The molecule has 18 heavy (non-hydrogen) atoms. The van der Waals surface area contributed by atoms with Crippen LogP contribution in [-0.2, 0) is 6.42 Å². The molecule has 0 aliphatic heterocycles. The number of ether oxygens (including phenoxy) is 1. The number of furan rings is 1. The zero-order valence-electron chi connectivity index (χ0n) is 9.98. The van der Waals surface area contributed by atoms with E-state index >= 15 is 0 Å². The molecule has 0 fully saturated rings. The molecule has 0 amide bonds. The lowest BCUT2D eigenvalue weighted by Gasteiger charge is -2.04. The summed E-state index contributed by atoms with van der Waals surface area (Å²) in [5.74, 6) is 0.240. The van der Waals surface area contributed by atoms with Gasteiger partial charge in [0.05, 0.1) is 13.4 Å². The van der Waals surface area contributed by atoms with Gasteiger partial charge in [-0.05, 0) is 30.3 Å². The van der Waals surface area contributed by atoms with Gasteiger partial charge >= 0.3 is 0 Å². The second-order valence-corrected chi connectivity index (χ2v) is 3.85. The summed E-state index contributed by atoms with van der Waals surface area (Å²) in [5, 5.41) is 0. The Bertz CT molecular complexity index is 532. The Kier molecular flexibility index (Phi) is 3.77. The lowest BCUT2D eigenvalue weighted by Crippen LogP contribution is -2.02. The van der Waals surface area contributed by atoms with E-state index in [-0.39, 0.29) is 11.5 Å². The molecular formula is C14H13FO3. The van der Waals surface area contributed by atoms with E-state index in [1.807, 2.05) is 6.07 Å². The molecule has 1 heterocycles. The first-order valence-corrected chi connectivity index (χ1v) is 5.60. The maximum Gasteiger partial charge on any atom is 0.165 e. The number of hydrogen-bond acceptors (Lipinski definition) is 3. The predicted octanol–water partition coefficient (Wildman–Crippen LogP) is 3.24. The lowest BCUT2D eigenvalue weighted by molar-refractivity contribution is 0.0980. The van der Waals surface area contributed by atoms with Gasteiger partial charge in [0.15, 0.2) is 17.3 Å². The van der Waals surface area contributed by atoms with E-state index in [1.54, 1.807) is 18.4 Å². The van der Waals surface area contributed by atoms with Crippen molar-refractivity contribution in [3.05, 3.63) is 53.7 Å². The standard InChI is InChI=1S/C14H13FO3/c1-17-14-7-4-10(9-12(14)15)13(16)6-5-11-3-2-8-18-11/h2-4,7-9H,5-6H2,1H3. The van der Waals surface area contributed by atoms with Gasteiger partial charge in [0, 0.05) is 18.4 Å². The number of benzene rings is 1. The third kappa shape index (κ3) is 2.77. The van der Waals surface area contributed by atoms with Crippen molar-refractivity contribution < 1.29 is 18.3 Å². The average molecular weight is 248 g/mol. The van der Waals surface area contributed by atoms with Gasteiger partial charge in [-0.3, -0.25) is 4.79 Å². The minimum Gasteiger partial charge on any atom is -0.494 e. The van der Waals surface area contributed by atoms with E-state index in [0.717, 1.165) is 5.76 Å². The molecule has 2 aromatic rings. The fourth-order valence-corrected chi connectivity index (χ4v) is 1.68. The fourth-order valence-electron chi connectivity index (χ4n) is 1.68. The van der Waals surface area contributed by atoms with Crippen LogP contribution in [0.1, 0.15) is 22.5 Å². The highest BCUT2D eigenvalue weighted by molar-refractivity contribution is 5.96.